The summed E-state index contributed by atoms with van der Waals surface area (Å²) in [6.45, 7) is 0.256. The number of aromatic nitrogens is 4. The van der Waals surface area contributed by atoms with Crippen molar-refractivity contribution < 1.29 is 10.2 Å². The fourth-order valence-electron chi connectivity index (χ4n) is 3.01. The summed E-state index contributed by atoms with van der Waals surface area (Å²) in [6, 6.07) is 0. The molecule has 0 aliphatic heterocycles. The molecule has 0 aliphatic carbocycles. The Morgan fingerprint density at radius 1 is 1.12 bits per heavy atom. The second-order valence-electron chi connectivity index (χ2n) is 6.50. The number of aryl methyl sites for hydroxylation is 1. The number of hydrogen-bond acceptors (Lipinski definition) is 5. The summed E-state index contributed by atoms with van der Waals surface area (Å²) < 4.78 is 2.67. The Hall–Kier alpha value is -1.93. The van der Waals surface area contributed by atoms with E-state index in [0.717, 1.165) is 44.9 Å². The monoisotopic (exact) mass is 352 g/mol. The fourth-order valence-corrected chi connectivity index (χ4v) is 3.01. The van der Waals surface area contributed by atoms with E-state index in [9.17, 15) is 14.7 Å². The molecule has 1 unspecified atom stereocenters. The Bertz CT molecular complexity index is 777. The highest BCUT2D eigenvalue weighted by atomic mass is 16.3. The predicted molar refractivity (Wildman–Crippen MR) is 95.6 cm³/mol. The van der Waals surface area contributed by atoms with Crippen LogP contribution in [0.25, 0.3) is 11.2 Å². The predicted octanol–water partition coefficient (Wildman–Crippen LogP) is 0.897. The highest BCUT2D eigenvalue weighted by Crippen LogP contribution is 2.10. The minimum absolute atomic E-state index is 0.164. The van der Waals surface area contributed by atoms with Gasteiger partial charge >= 0.3 is 5.69 Å². The number of aliphatic hydroxyl groups is 2. The molecule has 2 aromatic rings. The number of nitrogens with one attached hydrogen (secondary N) is 1. The molecule has 3 N–H and O–H groups in total. The van der Waals surface area contributed by atoms with Crippen LogP contribution in [0.5, 0.6) is 0 Å². The van der Waals surface area contributed by atoms with Gasteiger partial charge in [-0.15, -0.1) is 0 Å². The second kappa shape index (κ2) is 9.53. The third-order valence-corrected chi connectivity index (χ3v) is 4.54. The first-order valence-corrected chi connectivity index (χ1v) is 8.98. The molecule has 1 atom stereocenters. The van der Waals surface area contributed by atoms with Crippen molar-refractivity contribution in [3.05, 3.63) is 27.2 Å². The molecule has 8 nitrogen and oxygen atoms in total. The summed E-state index contributed by atoms with van der Waals surface area (Å²) in [5, 5.41) is 18.0. The van der Waals surface area contributed by atoms with Gasteiger partial charge in [-0.25, -0.2) is 9.78 Å². The molecule has 0 saturated carbocycles. The lowest BCUT2D eigenvalue weighted by atomic mass is 10.1. The van der Waals surface area contributed by atoms with Crippen LogP contribution < -0.4 is 11.2 Å². The molecule has 0 fully saturated rings. The average molecular weight is 352 g/mol. The van der Waals surface area contributed by atoms with Crippen LogP contribution in [0, 0.1) is 0 Å². The Labute approximate surface area is 146 Å². The zero-order chi connectivity index (χ0) is 18.2. The number of rotatable bonds is 11. The molecular formula is C17H28N4O4. The maximum atomic E-state index is 12.3. The molecular weight excluding hydrogens is 324 g/mol. The lowest BCUT2D eigenvalue weighted by molar-refractivity contribution is 0.0860. The molecule has 0 amide bonds. The van der Waals surface area contributed by atoms with Gasteiger partial charge in [-0.3, -0.25) is 13.9 Å². The van der Waals surface area contributed by atoms with Gasteiger partial charge in [-0.05, 0) is 12.8 Å². The average Bonchev–Trinajstić information content (AvgIpc) is 3.10. The number of aromatic amines is 1. The van der Waals surface area contributed by atoms with E-state index in [1.807, 2.05) is 0 Å². The van der Waals surface area contributed by atoms with Crippen LogP contribution in [0.3, 0.4) is 0 Å². The van der Waals surface area contributed by atoms with Crippen molar-refractivity contribution in [1.82, 2.24) is 19.1 Å². The number of imidazole rings is 1. The number of unbranched alkanes of at least 4 members (excludes halogenated alkanes) is 6. The van der Waals surface area contributed by atoms with E-state index in [0.29, 0.717) is 24.1 Å². The maximum Gasteiger partial charge on any atom is 0.332 e. The SMILES string of the molecule is Cn1c(=O)n(CCCCCCCCCC(O)CO)c(=O)c2[nH]cnc21. The molecule has 2 heterocycles. The van der Waals surface area contributed by atoms with Gasteiger partial charge < -0.3 is 15.2 Å². The minimum Gasteiger partial charge on any atom is -0.394 e. The highest BCUT2D eigenvalue weighted by molar-refractivity contribution is 5.68. The van der Waals surface area contributed by atoms with Crippen LogP contribution >= 0.6 is 0 Å². The third kappa shape index (κ3) is 5.02. The van der Waals surface area contributed by atoms with Gasteiger partial charge in [-0.2, -0.15) is 0 Å². The minimum atomic E-state index is -0.590. The van der Waals surface area contributed by atoms with Crippen molar-refractivity contribution in [3.63, 3.8) is 0 Å². The van der Waals surface area contributed by atoms with E-state index >= 15 is 0 Å². The van der Waals surface area contributed by atoms with Crippen molar-refractivity contribution in [2.45, 2.75) is 64.0 Å². The van der Waals surface area contributed by atoms with Crippen LogP contribution in [0.2, 0.25) is 0 Å². The molecule has 0 saturated heterocycles. The Morgan fingerprint density at radius 2 is 1.76 bits per heavy atom. The lowest BCUT2D eigenvalue weighted by Crippen LogP contribution is -2.39. The van der Waals surface area contributed by atoms with Crippen LogP contribution in [-0.4, -0.2) is 42.0 Å². The smallest absolute Gasteiger partial charge is 0.332 e. The first-order chi connectivity index (χ1) is 12.1. The van der Waals surface area contributed by atoms with Gasteiger partial charge in [0.1, 0.15) is 5.52 Å². The zero-order valence-electron chi connectivity index (χ0n) is 14.8. The quantitative estimate of drug-likeness (QED) is 0.520. The normalized spacial score (nSPS) is 12.8. The second-order valence-corrected chi connectivity index (χ2v) is 6.50. The highest BCUT2D eigenvalue weighted by Gasteiger charge is 2.12. The topological polar surface area (TPSA) is 113 Å². The van der Waals surface area contributed by atoms with E-state index in [1.165, 1.54) is 15.5 Å². The Balaban J connectivity index is 1.72. The van der Waals surface area contributed by atoms with Crippen molar-refractivity contribution in [1.29, 1.82) is 0 Å². The van der Waals surface area contributed by atoms with Gasteiger partial charge in [0.25, 0.3) is 5.56 Å². The summed E-state index contributed by atoms with van der Waals surface area (Å²) >= 11 is 0. The zero-order valence-corrected chi connectivity index (χ0v) is 14.8. The maximum absolute atomic E-state index is 12.3. The first kappa shape index (κ1) is 19.4. The largest absolute Gasteiger partial charge is 0.394 e. The van der Waals surface area contributed by atoms with Gasteiger partial charge in [0.05, 0.1) is 19.0 Å². The molecule has 0 radical (unpaired) electrons. The van der Waals surface area contributed by atoms with Crippen molar-refractivity contribution in [2.75, 3.05) is 6.61 Å². The summed E-state index contributed by atoms with van der Waals surface area (Å²) in [4.78, 5) is 31.4. The van der Waals surface area contributed by atoms with Crippen molar-refractivity contribution in [2.24, 2.45) is 7.05 Å². The van der Waals surface area contributed by atoms with Crippen LogP contribution in [0.1, 0.15) is 51.4 Å². The van der Waals surface area contributed by atoms with E-state index in [4.69, 9.17) is 5.11 Å². The third-order valence-electron chi connectivity index (χ3n) is 4.54. The van der Waals surface area contributed by atoms with Crippen LogP contribution in [-0.2, 0) is 13.6 Å². The van der Waals surface area contributed by atoms with Gasteiger partial charge in [0.2, 0.25) is 0 Å². The number of aliphatic hydroxyl groups excluding tert-OH is 2. The van der Waals surface area contributed by atoms with Crippen LogP contribution in [0.4, 0.5) is 0 Å². The number of H-pyrrole nitrogens is 1. The van der Waals surface area contributed by atoms with Crippen LogP contribution in [0.15, 0.2) is 15.9 Å². The summed E-state index contributed by atoms with van der Waals surface area (Å²) in [5.41, 5.74) is 0.120. The van der Waals surface area contributed by atoms with E-state index in [1.54, 1.807) is 7.05 Å². The number of fused-ring (bicyclic) bond motifs is 1. The molecule has 0 spiro atoms. The number of nitrogens with zero attached hydrogens (tertiary/aromatic N) is 3. The van der Waals surface area contributed by atoms with Gasteiger partial charge in [0, 0.05) is 13.6 Å². The van der Waals surface area contributed by atoms with E-state index < -0.39 is 6.10 Å². The molecule has 0 aromatic carbocycles. The Morgan fingerprint density at radius 3 is 2.44 bits per heavy atom. The molecule has 25 heavy (non-hydrogen) atoms. The molecule has 2 rings (SSSR count). The lowest BCUT2D eigenvalue weighted by Gasteiger charge is -2.08. The summed E-state index contributed by atoms with van der Waals surface area (Å²) in [6.07, 6.45) is 8.48. The molecule has 140 valence electrons. The van der Waals surface area contributed by atoms with Gasteiger partial charge in [0.15, 0.2) is 5.65 Å². The molecule has 0 bridgehead atoms. The standard InChI is InChI=1S/C17H28N4O4/c1-20-15-14(18-12-19-15)16(24)21(17(20)25)10-8-6-4-2-3-5-7-9-13(23)11-22/h12-13,22-23H,2-11H2,1H3,(H,18,19). The fraction of sp³-hybridized carbons (Fsp3) is 0.706. The van der Waals surface area contributed by atoms with E-state index in [-0.39, 0.29) is 17.9 Å². The first-order valence-electron chi connectivity index (χ1n) is 8.98. The molecule has 0 aliphatic rings. The Kier molecular flexibility index (Phi) is 7.39. The van der Waals surface area contributed by atoms with E-state index in [2.05, 4.69) is 9.97 Å². The molecule has 2 aromatic heterocycles. The number of hydrogen-bond donors (Lipinski definition) is 3. The summed E-state index contributed by atoms with van der Waals surface area (Å²) in [5.74, 6) is 0. The van der Waals surface area contributed by atoms with Crippen molar-refractivity contribution in [3.8, 4) is 0 Å². The van der Waals surface area contributed by atoms with Crippen molar-refractivity contribution >= 4 is 11.2 Å². The molecule has 8 heteroatoms. The summed E-state index contributed by atoms with van der Waals surface area (Å²) in [7, 11) is 1.62. The van der Waals surface area contributed by atoms with Gasteiger partial charge in [-0.1, -0.05) is 38.5 Å².